The highest BCUT2D eigenvalue weighted by Crippen LogP contribution is 2.39. The number of ether oxygens (including phenoxy) is 1. The zero-order valence-corrected chi connectivity index (χ0v) is 17.1. The minimum absolute atomic E-state index is 0.249. The number of carbonyl (C=O) groups excluding carboxylic acids is 3. The quantitative estimate of drug-likeness (QED) is 0.548. The van der Waals surface area contributed by atoms with Crippen molar-refractivity contribution in [2.75, 3.05) is 19.7 Å². The number of imide groups is 1. The molecule has 2 aromatic carbocycles. The van der Waals surface area contributed by atoms with Crippen molar-refractivity contribution in [1.82, 2.24) is 15.5 Å². The van der Waals surface area contributed by atoms with Crippen LogP contribution in [0.1, 0.15) is 24.0 Å². The highest BCUT2D eigenvalue weighted by molar-refractivity contribution is 6.30. The molecule has 1 heterocycles. The zero-order chi connectivity index (χ0) is 21.1. The van der Waals surface area contributed by atoms with E-state index in [4.69, 9.17) is 16.3 Å². The van der Waals surface area contributed by atoms with Crippen LogP contribution in [0.25, 0.3) is 0 Å². The number of amides is 4. The molecule has 0 aromatic heterocycles. The van der Waals surface area contributed by atoms with Gasteiger partial charge in [0.15, 0.2) is 0 Å². The topological polar surface area (TPSA) is 87.7 Å². The summed E-state index contributed by atoms with van der Waals surface area (Å²) in [6.45, 7) is 0.180. The van der Waals surface area contributed by atoms with Crippen molar-refractivity contribution in [3.05, 3.63) is 64.7 Å². The van der Waals surface area contributed by atoms with Gasteiger partial charge in [-0.05, 0) is 54.7 Å². The Balaban J connectivity index is 1.34. The Hall–Kier alpha value is -3.06. The summed E-state index contributed by atoms with van der Waals surface area (Å²) in [6, 6.07) is 14.0. The second kappa shape index (κ2) is 8.36. The summed E-state index contributed by atoms with van der Waals surface area (Å²) < 4.78 is 5.52. The number of halogens is 1. The van der Waals surface area contributed by atoms with Gasteiger partial charge in [0.25, 0.3) is 5.91 Å². The Bertz CT molecular complexity index is 979. The van der Waals surface area contributed by atoms with Gasteiger partial charge in [-0.2, -0.15) is 0 Å². The number of carbonyl (C=O) groups is 3. The largest absolute Gasteiger partial charge is 0.492 e. The molecule has 1 aliphatic heterocycles. The van der Waals surface area contributed by atoms with Gasteiger partial charge >= 0.3 is 6.03 Å². The molecule has 1 fully saturated rings. The van der Waals surface area contributed by atoms with Crippen LogP contribution in [0.5, 0.6) is 5.75 Å². The van der Waals surface area contributed by atoms with Crippen molar-refractivity contribution in [2.24, 2.45) is 0 Å². The molecular formula is C22H22ClN3O4. The Morgan fingerprint density at radius 2 is 1.93 bits per heavy atom. The van der Waals surface area contributed by atoms with Crippen LogP contribution in [-0.2, 0) is 21.5 Å². The van der Waals surface area contributed by atoms with E-state index in [1.165, 1.54) is 0 Å². The average molecular weight is 428 g/mol. The smallest absolute Gasteiger partial charge is 0.325 e. The van der Waals surface area contributed by atoms with E-state index in [9.17, 15) is 14.4 Å². The highest BCUT2D eigenvalue weighted by Gasteiger charge is 2.54. The second-order valence-corrected chi connectivity index (χ2v) is 7.83. The van der Waals surface area contributed by atoms with E-state index in [1.807, 2.05) is 24.3 Å². The molecule has 4 amide bonds. The molecule has 0 bridgehead atoms. The SMILES string of the molecule is O=C(CN1C(=O)NC2(CCCc3ccccc32)C1=O)NCCOc1ccc(Cl)cc1. The molecule has 7 nitrogen and oxygen atoms in total. The Labute approximate surface area is 179 Å². The summed E-state index contributed by atoms with van der Waals surface area (Å²) in [5.41, 5.74) is 0.820. The maximum absolute atomic E-state index is 13.2. The molecule has 2 N–H and O–H groups in total. The van der Waals surface area contributed by atoms with Crippen LogP contribution in [0.15, 0.2) is 48.5 Å². The summed E-state index contributed by atoms with van der Waals surface area (Å²) in [5.74, 6) is -0.146. The van der Waals surface area contributed by atoms with Gasteiger partial charge in [0.2, 0.25) is 5.91 Å². The number of nitrogens with one attached hydrogen (secondary N) is 2. The molecule has 4 rings (SSSR count). The lowest BCUT2D eigenvalue weighted by molar-refractivity contribution is -0.135. The van der Waals surface area contributed by atoms with Crippen molar-refractivity contribution in [1.29, 1.82) is 0 Å². The van der Waals surface area contributed by atoms with Crippen molar-refractivity contribution in [3.63, 3.8) is 0 Å². The molecule has 2 aromatic rings. The van der Waals surface area contributed by atoms with Crippen LogP contribution < -0.4 is 15.4 Å². The lowest BCUT2D eigenvalue weighted by atomic mass is 9.76. The van der Waals surface area contributed by atoms with E-state index in [2.05, 4.69) is 10.6 Å². The van der Waals surface area contributed by atoms with Gasteiger partial charge in [0, 0.05) is 5.02 Å². The predicted octanol–water partition coefficient (Wildman–Crippen LogP) is 2.62. The van der Waals surface area contributed by atoms with Crippen molar-refractivity contribution in [2.45, 2.75) is 24.8 Å². The second-order valence-electron chi connectivity index (χ2n) is 7.39. The van der Waals surface area contributed by atoms with Gasteiger partial charge in [0.05, 0.1) is 6.54 Å². The molecule has 1 saturated heterocycles. The molecule has 156 valence electrons. The van der Waals surface area contributed by atoms with Gasteiger partial charge in [-0.3, -0.25) is 14.5 Å². The summed E-state index contributed by atoms with van der Waals surface area (Å²) in [4.78, 5) is 39.0. The third kappa shape index (κ3) is 3.85. The molecule has 30 heavy (non-hydrogen) atoms. The van der Waals surface area contributed by atoms with Gasteiger partial charge in [0.1, 0.15) is 24.4 Å². The van der Waals surface area contributed by atoms with E-state index in [1.54, 1.807) is 24.3 Å². The van der Waals surface area contributed by atoms with Crippen LogP contribution in [0, 0.1) is 0 Å². The Kier molecular flexibility index (Phi) is 5.63. The Morgan fingerprint density at radius 1 is 1.17 bits per heavy atom. The van der Waals surface area contributed by atoms with Crippen LogP contribution in [0.3, 0.4) is 0 Å². The number of hydrogen-bond donors (Lipinski definition) is 2. The number of benzene rings is 2. The first kappa shape index (κ1) is 20.2. The number of rotatable bonds is 6. The van der Waals surface area contributed by atoms with E-state index in [0.29, 0.717) is 17.2 Å². The summed E-state index contributed by atoms with van der Waals surface area (Å²) >= 11 is 5.82. The standard InChI is InChI=1S/C22H22ClN3O4/c23-16-7-9-17(10-8-16)30-13-12-24-19(27)14-26-20(28)22(25-21(26)29)11-3-5-15-4-1-2-6-18(15)22/h1-2,4,6-10H,3,5,11-14H2,(H,24,27)(H,25,29). The number of hydrogen-bond acceptors (Lipinski definition) is 4. The summed E-state index contributed by atoms with van der Waals surface area (Å²) in [6.07, 6.45) is 2.20. The number of fused-ring (bicyclic) bond motifs is 2. The van der Waals surface area contributed by atoms with E-state index in [-0.39, 0.29) is 25.6 Å². The molecule has 0 saturated carbocycles. The highest BCUT2D eigenvalue weighted by atomic mass is 35.5. The maximum Gasteiger partial charge on any atom is 0.325 e. The van der Waals surface area contributed by atoms with Crippen LogP contribution >= 0.6 is 11.6 Å². The van der Waals surface area contributed by atoms with Crippen molar-refractivity contribution in [3.8, 4) is 5.75 Å². The van der Waals surface area contributed by atoms with Gasteiger partial charge in [-0.1, -0.05) is 35.9 Å². The fraction of sp³-hybridized carbons (Fsp3) is 0.318. The van der Waals surface area contributed by atoms with E-state index in [0.717, 1.165) is 28.9 Å². The molecule has 0 radical (unpaired) electrons. The first-order valence-corrected chi connectivity index (χ1v) is 10.2. The molecule has 2 aliphatic rings. The monoisotopic (exact) mass is 427 g/mol. The Morgan fingerprint density at radius 3 is 2.73 bits per heavy atom. The normalized spacial score (nSPS) is 20.1. The molecular weight excluding hydrogens is 406 g/mol. The van der Waals surface area contributed by atoms with Gasteiger partial charge in [-0.25, -0.2) is 4.79 Å². The van der Waals surface area contributed by atoms with Gasteiger partial charge < -0.3 is 15.4 Å². The maximum atomic E-state index is 13.2. The van der Waals surface area contributed by atoms with Crippen LogP contribution in [-0.4, -0.2) is 42.4 Å². The molecule has 1 unspecified atom stereocenters. The molecule has 1 spiro atoms. The molecule has 1 aliphatic carbocycles. The molecule has 1 atom stereocenters. The third-order valence-corrected chi connectivity index (χ3v) is 5.71. The lowest BCUT2D eigenvalue weighted by Gasteiger charge is -2.33. The van der Waals surface area contributed by atoms with E-state index < -0.39 is 17.5 Å². The predicted molar refractivity (Wildman–Crippen MR) is 111 cm³/mol. The summed E-state index contributed by atoms with van der Waals surface area (Å²) in [5, 5.41) is 6.14. The number of urea groups is 1. The fourth-order valence-corrected chi connectivity index (χ4v) is 4.17. The van der Waals surface area contributed by atoms with Crippen molar-refractivity contribution >= 4 is 29.4 Å². The van der Waals surface area contributed by atoms with Crippen LogP contribution in [0.4, 0.5) is 4.79 Å². The number of nitrogens with zero attached hydrogens (tertiary/aromatic N) is 1. The summed E-state index contributed by atoms with van der Waals surface area (Å²) in [7, 11) is 0. The lowest BCUT2D eigenvalue weighted by Crippen LogP contribution is -2.47. The van der Waals surface area contributed by atoms with Gasteiger partial charge in [-0.15, -0.1) is 0 Å². The number of aryl methyl sites for hydroxylation is 1. The fourth-order valence-electron chi connectivity index (χ4n) is 4.04. The zero-order valence-electron chi connectivity index (χ0n) is 16.3. The third-order valence-electron chi connectivity index (χ3n) is 5.46. The van der Waals surface area contributed by atoms with E-state index >= 15 is 0 Å². The first-order chi connectivity index (χ1) is 14.5. The minimum Gasteiger partial charge on any atom is -0.492 e. The minimum atomic E-state index is -1.07. The van der Waals surface area contributed by atoms with Crippen molar-refractivity contribution < 1.29 is 19.1 Å². The van der Waals surface area contributed by atoms with Crippen LogP contribution in [0.2, 0.25) is 5.02 Å². The first-order valence-electron chi connectivity index (χ1n) is 9.87. The average Bonchev–Trinajstić information content (AvgIpc) is 2.97. The molecule has 8 heteroatoms.